The minimum atomic E-state index is -1.05. The predicted molar refractivity (Wildman–Crippen MR) is 106 cm³/mol. The molecule has 4 heterocycles. The summed E-state index contributed by atoms with van der Waals surface area (Å²) in [5.74, 6) is -0.997. The van der Waals surface area contributed by atoms with E-state index in [0.717, 1.165) is 0 Å². The summed E-state index contributed by atoms with van der Waals surface area (Å²) < 4.78 is 12.5. The van der Waals surface area contributed by atoms with Crippen molar-refractivity contribution in [3.63, 3.8) is 0 Å². The number of rotatable bonds is 2. The number of hydrogen-bond acceptors (Lipinski definition) is 5. The molecule has 4 saturated heterocycles. The molecule has 5 rings (SSSR count). The second kappa shape index (κ2) is 6.24. The fourth-order valence-corrected chi connectivity index (χ4v) is 6.62. The van der Waals surface area contributed by atoms with E-state index in [1.807, 2.05) is 13.0 Å². The number of anilines is 1. The van der Waals surface area contributed by atoms with Crippen molar-refractivity contribution >= 4 is 40.9 Å². The Kier molecular flexibility index (Phi) is 4.13. The first-order chi connectivity index (χ1) is 14.1. The number of hydrogen-bond donors (Lipinski definition) is 1. The van der Waals surface area contributed by atoms with Gasteiger partial charge in [-0.1, -0.05) is 23.2 Å². The standard InChI is InChI=1S/C20H19Cl2N3O5/c1-19-13(24(2)18(27)28)7-20(30-19)3-4-29-17-15(20)14(19)16(26)25(17)9-5-11(21)10(8-23)12(22)6-9/h5-6,13-15,17H,3-4,7H2,1-2H3,(H,27,28)/t13-,14-,15+,17+,19-,20+/m1/s1. The lowest BCUT2D eigenvalue weighted by Crippen LogP contribution is -2.58. The monoisotopic (exact) mass is 451 g/mol. The molecular formula is C20H19Cl2N3O5. The smallest absolute Gasteiger partial charge is 0.407 e. The first-order valence-corrected chi connectivity index (χ1v) is 10.4. The molecule has 1 N–H and O–H groups in total. The SMILES string of the molecule is CN(C(=O)O)[C@@H]1C[C@@]23CCO[C@H]4[C@@H]2[C@H](C(=O)N4c2cc(Cl)c(C#N)c(Cl)c2)[C@]1(C)O3. The van der Waals surface area contributed by atoms with Gasteiger partial charge in [-0.3, -0.25) is 9.69 Å². The molecule has 0 saturated carbocycles. The van der Waals surface area contributed by atoms with Crippen LogP contribution in [0.4, 0.5) is 10.5 Å². The van der Waals surface area contributed by atoms with Crippen LogP contribution in [-0.2, 0) is 14.3 Å². The molecule has 10 heteroatoms. The maximum absolute atomic E-state index is 13.7. The molecule has 158 valence electrons. The molecule has 2 amide bonds. The minimum absolute atomic E-state index is 0.147. The van der Waals surface area contributed by atoms with Crippen molar-refractivity contribution in [2.45, 2.75) is 43.2 Å². The van der Waals surface area contributed by atoms with Crippen molar-refractivity contribution in [1.29, 1.82) is 5.26 Å². The second-order valence-electron chi connectivity index (χ2n) is 8.58. The Hall–Kier alpha value is -2.05. The Bertz CT molecular complexity index is 1010. The van der Waals surface area contributed by atoms with Crippen molar-refractivity contribution < 1.29 is 24.2 Å². The number of benzene rings is 1. The van der Waals surface area contributed by atoms with Crippen LogP contribution in [0, 0.1) is 23.2 Å². The Balaban J connectivity index is 1.61. The quantitative estimate of drug-likeness (QED) is 0.740. The highest BCUT2D eigenvalue weighted by Crippen LogP contribution is 2.66. The summed E-state index contributed by atoms with van der Waals surface area (Å²) >= 11 is 12.5. The molecule has 0 radical (unpaired) electrons. The van der Waals surface area contributed by atoms with Crippen LogP contribution in [0.2, 0.25) is 10.0 Å². The van der Waals surface area contributed by atoms with Crippen molar-refractivity contribution in [2.24, 2.45) is 11.8 Å². The number of carboxylic acid groups (broad SMARTS) is 1. The highest BCUT2D eigenvalue weighted by Gasteiger charge is 2.78. The van der Waals surface area contributed by atoms with E-state index in [4.69, 9.17) is 32.7 Å². The molecule has 1 spiro atoms. The minimum Gasteiger partial charge on any atom is -0.465 e. The number of likely N-dealkylation sites (N-methyl/N-ethyl adjacent to an activating group) is 1. The fraction of sp³-hybridized carbons (Fsp3) is 0.550. The largest absolute Gasteiger partial charge is 0.465 e. The first kappa shape index (κ1) is 19.9. The third-order valence-electron chi connectivity index (χ3n) is 7.27. The van der Waals surface area contributed by atoms with E-state index in [1.165, 1.54) is 11.9 Å². The van der Waals surface area contributed by atoms with E-state index in [9.17, 15) is 20.0 Å². The lowest BCUT2D eigenvalue weighted by atomic mass is 9.64. The summed E-state index contributed by atoms with van der Waals surface area (Å²) in [6.07, 6.45) is -0.500. The van der Waals surface area contributed by atoms with Gasteiger partial charge in [0, 0.05) is 31.5 Å². The van der Waals surface area contributed by atoms with Gasteiger partial charge in [-0.15, -0.1) is 0 Å². The number of carbonyl (C=O) groups excluding carboxylic acids is 1. The predicted octanol–water partition coefficient (Wildman–Crippen LogP) is 3.10. The molecule has 2 bridgehead atoms. The van der Waals surface area contributed by atoms with Crippen molar-refractivity contribution in [3.8, 4) is 6.07 Å². The van der Waals surface area contributed by atoms with Gasteiger partial charge >= 0.3 is 6.09 Å². The van der Waals surface area contributed by atoms with E-state index in [-0.39, 0.29) is 27.4 Å². The van der Waals surface area contributed by atoms with Gasteiger partial charge in [-0.2, -0.15) is 5.26 Å². The molecule has 1 aromatic rings. The third-order valence-corrected chi connectivity index (χ3v) is 7.87. The highest BCUT2D eigenvalue weighted by molar-refractivity contribution is 6.37. The van der Waals surface area contributed by atoms with Crippen molar-refractivity contribution in [1.82, 2.24) is 4.90 Å². The molecule has 0 aromatic heterocycles. The topological polar surface area (TPSA) is 103 Å². The number of carbonyl (C=O) groups is 2. The molecule has 0 unspecified atom stereocenters. The molecule has 4 aliphatic rings. The van der Waals surface area contributed by atoms with Crippen LogP contribution in [0.5, 0.6) is 0 Å². The van der Waals surface area contributed by atoms with E-state index >= 15 is 0 Å². The molecule has 6 atom stereocenters. The number of nitrogens with zero attached hydrogens (tertiary/aromatic N) is 3. The van der Waals surface area contributed by atoms with Gasteiger partial charge in [0.2, 0.25) is 5.91 Å². The van der Waals surface area contributed by atoms with Gasteiger partial charge in [-0.05, 0) is 19.1 Å². The molecule has 8 nitrogen and oxygen atoms in total. The number of amides is 2. The van der Waals surface area contributed by atoms with Crippen LogP contribution >= 0.6 is 23.2 Å². The van der Waals surface area contributed by atoms with Gasteiger partial charge in [-0.25, -0.2) is 4.79 Å². The summed E-state index contributed by atoms with van der Waals surface area (Å²) in [6.45, 7) is 2.21. The summed E-state index contributed by atoms with van der Waals surface area (Å²) in [5.41, 5.74) is -0.984. The third kappa shape index (κ3) is 2.29. The summed E-state index contributed by atoms with van der Waals surface area (Å²) in [6, 6.07) is 4.60. The maximum atomic E-state index is 13.7. The van der Waals surface area contributed by atoms with Crippen molar-refractivity contribution in [3.05, 3.63) is 27.7 Å². The maximum Gasteiger partial charge on any atom is 0.407 e. The lowest BCUT2D eigenvalue weighted by Gasteiger charge is -2.44. The number of halogens is 2. The van der Waals surface area contributed by atoms with E-state index < -0.39 is 35.5 Å². The van der Waals surface area contributed by atoms with Crippen molar-refractivity contribution in [2.75, 3.05) is 18.6 Å². The normalized spacial score (nSPS) is 38.5. The fourth-order valence-electron chi connectivity index (χ4n) is 6.06. The van der Waals surface area contributed by atoms with Crippen LogP contribution < -0.4 is 4.90 Å². The Morgan fingerprint density at radius 1 is 1.40 bits per heavy atom. The second-order valence-corrected chi connectivity index (χ2v) is 9.40. The van der Waals surface area contributed by atoms with Gasteiger partial charge < -0.3 is 19.5 Å². The van der Waals surface area contributed by atoms with Crippen LogP contribution in [0.15, 0.2) is 12.1 Å². The zero-order valence-corrected chi connectivity index (χ0v) is 17.8. The summed E-state index contributed by atoms with van der Waals surface area (Å²) in [5, 5.41) is 19.1. The molecule has 30 heavy (non-hydrogen) atoms. The highest BCUT2D eigenvalue weighted by atomic mass is 35.5. The molecule has 0 aliphatic carbocycles. The Labute approximate surface area is 182 Å². The van der Waals surface area contributed by atoms with Gasteiger partial charge in [0.25, 0.3) is 0 Å². The molecular weight excluding hydrogens is 433 g/mol. The van der Waals surface area contributed by atoms with Gasteiger partial charge in [0.15, 0.2) is 0 Å². The average Bonchev–Trinajstić information content (AvgIpc) is 3.24. The Morgan fingerprint density at radius 3 is 2.67 bits per heavy atom. The zero-order valence-electron chi connectivity index (χ0n) is 16.3. The van der Waals surface area contributed by atoms with Crippen LogP contribution in [-0.4, -0.2) is 59.1 Å². The van der Waals surface area contributed by atoms with Crippen LogP contribution in [0.1, 0.15) is 25.3 Å². The zero-order chi connectivity index (χ0) is 21.6. The number of ether oxygens (including phenoxy) is 2. The summed E-state index contributed by atoms with van der Waals surface area (Å²) in [7, 11) is 1.52. The molecule has 4 aliphatic heterocycles. The van der Waals surface area contributed by atoms with Gasteiger partial charge in [0.1, 0.15) is 12.3 Å². The van der Waals surface area contributed by atoms with Crippen LogP contribution in [0.25, 0.3) is 0 Å². The number of fused-ring (bicyclic) bond motifs is 2. The first-order valence-electron chi connectivity index (χ1n) is 9.64. The van der Waals surface area contributed by atoms with E-state index in [2.05, 4.69) is 0 Å². The van der Waals surface area contributed by atoms with E-state index in [1.54, 1.807) is 17.0 Å². The van der Waals surface area contributed by atoms with E-state index in [0.29, 0.717) is 25.1 Å². The van der Waals surface area contributed by atoms with Crippen LogP contribution in [0.3, 0.4) is 0 Å². The Morgan fingerprint density at radius 2 is 2.07 bits per heavy atom. The molecule has 4 fully saturated rings. The molecule has 1 aromatic carbocycles. The summed E-state index contributed by atoms with van der Waals surface area (Å²) in [4.78, 5) is 28.1. The average molecular weight is 452 g/mol. The van der Waals surface area contributed by atoms with Gasteiger partial charge in [0.05, 0.1) is 45.4 Å². The lowest BCUT2D eigenvalue weighted by molar-refractivity contribution is -0.140. The number of nitriles is 1.